The molecule has 1 heterocycles. The predicted molar refractivity (Wildman–Crippen MR) is 70.7 cm³/mol. The molecule has 2 rings (SSSR count). The molecule has 0 bridgehead atoms. The molecule has 1 aromatic carbocycles. The highest BCUT2D eigenvalue weighted by Gasteiger charge is 2.15. The summed E-state index contributed by atoms with van der Waals surface area (Å²) in [6.45, 7) is -0.0690. The molecule has 1 amide bonds. The van der Waals surface area contributed by atoms with Crippen molar-refractivity contribution in [1.29, 1.82) is 0 Å². The van der Waals surface area contributed by atoms with Crippen molar-refractivity contribution >= 4 is 22.8 Å². The van der Waals surface area contributed by atoms with Crippen molar-refractivity contribution in [2.75, 3.05) is 20.7 Å². The van der Waals surface area contributed by atoms with Gasteiger partial charge in [-0.1, -0.05) is 6.07 Å². The van der Waals surface area contributed by atoms with Gasteiger partial charge in [0, 0.05) is 24.2 Å². The summed E-state index contributed by atoms with van der Waals surface area (Å²) in [6.07, 6.45) is 1.70. The van der Waals surface area contributed by atoms with Gasteiger partial charge in [0.05, 0.1) is 12.6 Å². The van der Waals surface area contributed by atoms with Gasteiger partial charge in [-0.25, -0.2) is 0 Å². The van der Waals surface area contributed by atoms with E-state index < -0.39 is 5.97 Å². The standard InChI is InChI=1S/C14H14N2O3/c1-16(9-13(17)19-2)14(18)11-5-6-12-10(8-11)4-3-7-15-12/h3-8H,9H2,1-2H3. The van der Waals surface area contributed by atoms with Crippen LogP contribution in [0.5, 0.6) is 0 Å². The van der Waals surface area contributed by atoms with Crippen LogP contribution in [0.2, 0.25) is 0 Å². The summed E-state index contributed by atoms with van der Waals surface area (Å²) < 4.78 is 4.53. The van der Waals surface area contributed by atoms with E-state index in [2.05, 4.69) is 9.72 Å². The Morgan fingerprint density at radius 2 is 2.11 bits per heavy atom. The first-order chi connectivity index (χ1) is 9.11. The molecule has 0 aliphatic rings. The number of amides is 1. The summed E-state index contributed by atoms with van der Waals surface area (Å²) in [4.78, 5) is 28.8. The van der Waals surface area contributed by atoms with Crippen LogP contribution in [0.1, 0.15) is 10.4 Å². The molecule has 5 heteroatoms. The zero-order valence-electron chi connectivity index (χ0n) is 10.8. The third-order valence-corrected chi connectivity index (χ3v) is 2.79. The first-order valence-electron chi connectivity index (χ1n) is 5.79. The van der Waals surface area contributed by atoms with Crippen LogP contribution >= 0.6 is 0 Å². The minimum absolute atomic E-state index is 0.0690. The third-order valence-electron chi connectivity index (χ3n) is 2.79. The number of ether oxygens (including phenoxy) is 1. The Bertz CT molecular complexity index is 625. The highest BCUT2D eigenvalue weighted by atomic mass is 16.5. The quantitative estimate of drug-likeness (QED) is 0.782. The van der Waals surface area contributed by atoms with Gasteiger partial charge in [0.15, 0.2) is 0 Å². The second kappa shape index (κ2) is 5.48. The van der Waals surface area contributed by atoms with Crippen LogP contribution in [0.15, 0.2) is 36.5 Å². The van der Waals surface area contributed by atoms with Crippen molar-refractivity contribution in [3.63, 3.8) is 0 Å². The molecule has 0 N–H and O–H groups in total. The van der Waals surface area contributed by atoms with Gasteiger partial charge in [-0.05, 0) is 24.3 Å². The Kier molecular flexibility index (Phi) is 3.75. The molecular weight excluding hydrogens is 244 g/mol. The first-order valence-corrected chi connectivity index (χ1v) is 5.79. The average molecular weight is 258 g/mol. The topological polar surface area (TPSA) is 59.5 Å². The molecule has 0 fully saturated rings. The molecule has 0 saturated heterocycles. The van der Waals surface area contributed by atoms with Crippen LogP contribution in [0, 0.1) is 0 Å². The summed E-state index contributed by atoms with van der Waals surface area (Å²) in [5, 5.41) is 0.889. The van der Waals surface area contributed by atoms with Crippen molar-refractivity contribution in [3.05, 3.63) is 42.1 Å². The largest absolute Gasteiger partial charge is 0.468 e. The normalized spacial score (nSPS) is 10.2. The second-order valence-corrected chi connectivity index (χ2v) is 4.15. The monoisotopic (exact) mass is 258 g/mol. The first kappa shape index (κ1) is 13.0. The van der Waals surface area contributed by atoms with Crippen LogP contribution in [0.3, 0.4) is 0 Å². The van der Waals surface area contributed by atoms with E-state index in [1.165, 1.54) is 12.0 Å². The molecule has 0 aliphatic heterocycles. The Morgan fingerprint density at radius 1 is 1.32 bits per heavy atom. The Hall–Kier alpha value is -2.43. The molecule has 0 saturated carbocycles. The molecule has 0 aliphatic carbocycles. The second-order valence-electron chi connectivity index (χ2n) is 4.15. The van der Waals surface area contributed by atoms with E-state index in [9.17, 15) is 9.59 Å². The molecular formula is C14H14N2O3. The fourth-order valence-corrected chi connectivity index (χ4v) is 1.76. The summed E-state index contributed by atoms with van der Waals surface area (Å²) in [5.74, 6) is -0.672. The lowest BCUT2D eigenvalue weighted by molar-refractivity contribution is -0.141. The molecule has 0 atom stereocenters. The smallest absolute Gasteiger partial charge is 0.325 e. The lowest BCUT2D eigenvalue weighted by atomic mass is 10.1. The van der Waals surface area contributed by atoms with Crippen molar-refractivity contribution in [3.8, 4) is 0 Å². The molecule has 0 unspecified atom stereocenters. The number of fused-ring (bicyclic) bond motifs is 1. The number of nitrogens with zero attached hydrogens (tertiary/aromatic N) is 2. The molecule has 5 nitrogen and oxygen atoms in total. The van der Waals surface area contributed by atoms with Crippen LogP contribution in [-0.4, -0.2) is 42.5 Å². The number of hydrogen-bond acceptors (Lipinski definition) is 4. The summed E-state index contributed by atoms with van der Waals surface area (Å²) in [5.41, 5.74) is 1.35. The SMILES string of the molecule is COC(=O)CN(C)C(=O)c1ccc2ncccc2c1. The third kappa shape index (κ3) is 2.88. The minimum Gasteiger partial charge on any atom is -0.468 e. The van der Waals surface area contributed by atoms with E-state index in [-0.39, 0.29) is 12.5 Å². The van der Waals surface area contributed by atoms with E-state index >= 15 is 0 Å². The lowest BCUT2D eigenvalue weighted by Crippen LogP contribution is -2.32. The van der Waals surface area contributed by atoms with Gasteiger partial charge in [-0.2, -0.15) is 0 Å². The lowest BCUT2D eigenvalue weighted by Gasteiger charge is -2.15. The van der Waals surface area contributed by atoms with E-state index in [1.807, 2.05) is 12.1 Å². The zero-order chi connectivity index (χ0) is 13.8. The van der Waals surface area contributed by atoms with E-state index in [0.717, 1.165) is 10.9 Å². The number of rotatable bonds is 3. The number of methoxy groups -OCH3 is 1. The number of esters is 1. The van der Waals surface area contributed by atoms with E-state index in [0.29, 0.717) is 5.56 Å². The number of hydrogen-bond donors (Lipinski definition) is 0. The van der Waals surface area contributed by atoms with Gasteiger partial charge < -0.3 is 9.64 Å². The number of pyridine rings is 1. The maximum Gasteiger partial charge on any atom is 0.325 e. The van der Waals surface area contributed by atoms with Crippen LogP contribution in [0.25, 0.3) is 10.9 Å². The molecule has 0 radical (unpaired) electrons. The minimum atomic E-state index is -0.446. The molecule has 0 spiro atoms. The van der Waals surface area contributed by atoms with Crippen LogP contribution < -0.4 is 0 Å². The Labute approximate surface area is 110 Å². The summed E-state index contributed by atoms with van der Waals surface area (Å²) in [6, 6.07) is 8.95. The van der Waals surface area contributed by atoms with Gasteiger partial charge in [-0.15, -0.1) is 0 Å². The fraction of sp³-hybridized carbons (Fsp3) is 0.214. The number of carbonyl (C=O) groups is 2. The fourth-order valence-electron chi connectivity index (χ4n) is 1.76. The van der Waals surface area contributed by atoms with Gasteiger partial charge in [-0.3, -0.25) is 14.6 Å². The number of aromatic nitrogens is 1. The van der Waals surface area contributed by atoms with E-state index in [4.69, 9.17) is 0 Å². The highest BCUT2D eigenvalue weighted by molar-refractivity contribution is 5.98. The summed E-state index contributed by atoms with van der Waals surface area (Å²) >= 11 is 0. The Morgan fingerprint density at radius 3 is 2.84 bits per heavy atom. The van der Waals surface area contributed by atoms with Crippen molar-refractivity contribution in [1.82, 2.24) is 9.88 Å². The molecule has 19 heavy (non-hydrogen) atoms. The summed E-state index contributed by atoms with van der Waals surface area (Å²) in [7, 11) is 2.86. The highest BCUT2D eigenvalue weighted by Crippen LogP contribution is 2.14. The molecule has 1 aromatic heterocycles. The van der Waals surface area contributed by atoms with Crippen molar-refractivity contribution < 1.29 is 14.3 Å². The van der Waals surface area contributed by atoms with E-state index in [1.54, 1.807) is 31.4 Å². The van der Waals surface area contributed by atoms with Crippen LogP contribution in [0.4, 0.5) is 0 Å². The number of benzene rings is 1. The maximum absolute atomic E-state index is 12.1. The Balaban J connectivity index is 2.23. The van der Waals surface area contributed by atoms with Crippen molar-refractivity contribution in [2.24, 2.45) is 0 Å². The van der Waals surface area contributed by atoms with Gasteiger partial charge in [0.25, 0.3) is 5.91 Å². The average Bonchev–Trinajstić information content (AvgIpc) is 2.45. The van der Waals surface area contributed by atoms with Gasteiger partial charge in [0.1, 0.15) is 6.54 Å². The zero-order valence-corrected chi connectivity index (χ0v) is 10.8. The molecule has 98 valence electrons. The predicted octanol–water partition coefficient (Wildman–Crippen LogP) is 1.48. The van der Waals surface area contributed by atoms with Gasteiger partial charge >= 0.3 is 5.97 Å². The van der Waals surface area contributed by atoms with Gasteiger partial charge in [0.2, 0.25) is 0 Å². The molecule has 2 aromatic rings. The number of likely N-dealkylation sites (N-methyl/N-ethyl adjacent to an activating group) is 1. The number of carbonyl (C=O) groups excluding carboxylic acids is 2. The maximum atomic E-state index is 12.1. The van der Waals surface area contributed by atoms with Crippen LogP contribution in [-0.2, 0) is 9.53 Å². The van der Waals surface area contributed by atoms with Crippen molar-refractivity contribution in [2.45, 2.75) is 0 Å².